The molecule has 1 saturated heterocycles. The average Bonchev–Trinajstić information content (AvgIpc) is 2.87. The summed E-state index contributed by atoms with van der Waals surface area (Å²) in [6, 6.07) is 4.28. The molecule has 1 aromatic carbocycles. The van der Waals surface area contributed by atoms with Crippen molar-refractivity contribution in [2.24, 2.45) is 5.92 Å². The zero-order chi connectivity index (χ0) is 14.9. The van der Waals surface area contributed by atoms with Crippen LogP contribution in [0.4, 0.5) is 11.4 Å². The standard InChI is InChI=1S/C13H16N2O5/c1-8-5-9(15(18)19)3-4-11(8)14(2)12-7-20-6-10(12)13(16)17/h3-5,10,12H,6-7H2,1-2H3,(H,16,17). The molecule has 0 aromatic heterocycles. The molecule has 1 fully saturated rings. The predicted octanol–water partition coefficient (Wildman–Crippen LogP) is 1.44. The van der Waals surface area contributed by atoms with Crippen LogP contribution in [0.5, 0.6) is 0 Å². The molecule has 0 aliphatic carbocycles. The molecule has 1 heterocycles. The van der Waals surface area contributed by atoms with Gasteiger partial charge in [-0.15, -0.1) is 0 Å². The number of ether oxygens (including phenoxy) is 1. The summed E-state index contributed by atoms with van der Waals surface area (Å²) < 4.78 is 5.24. The maximum Gasteiger partial charge on any atom is 0.311 e. The van der Waals surface area contributed by atoms with E-state index in [0.29, 0.717) is 6.61 Å². The average molecular weight is 280 g/mol. The highest BCUT2D eigenvalue weighted by Crippen LogP contribution is 2.29. The van der Waals surface area contributed by atoms with Crippen LogP contribution < -0.4 is 4.90 Å². The van der Waals surface area contributed by atoms with Gasteiger partial charge in [0.25, 0.3) is 5.69 Å². The van der Waals surface area contributed by atoms with Crippen LogP contribution in [0.15, 0.2) is 18.2 Å². The summed E-state index contributed by atoms with van der Waals surface area (Å²) in [5.41, 5.74) is 1.53. The largest absolute Gasteiger partial charge is 0.481 e. The normalized spacial score (nSPS) is 21.7. The van der Waals surface area contributed by atoms with Gasteiger partial charge in [0.2, 0.25) is 0 Å². The van der Waals surface area contributed by atoms with E-state index < -0.39 is 16.8 Å². The first kappa shape index (κ1) is 14.3. The molecule has 0 bridgehead atoms. The van der Waals surface area contributed by atoms with Crippen LogP contribution in [0.25, 0.3) is 0 Å². The van der Waals surface area contributed by atoms with Gasteiger partial charge in [-0.25, -0.2) is 0 Å². The number of nitrogens with zero attached hydrogens (tertiary/aromatic N) is 2. The van der Waals surface area contributed by atoms with Crippen molar-refractivity contribution in [3.05, 3.63) is 33.9 Å². The number of aryl methyl sites for hydroxylation is 1. The van der Waals surface area contributed by atoms with Crippen LogP contribution in [0.1, 0.15) is 5.56 Å². The molecule has 7 nitrogen and oxygen atoms in total. The summed E-state index contributed by atoms with van der Waals surface area (Å²) in [7, 11) is 1.78. The summed E-state index contributed by atoms with van der Waals surface area (Å²) in [6.07, 6.45) is 0. The topological polar surface area (TPSA) is 92.9 Å². The number of rotatable bonds is 4. The van der Waals surface area contributed by atoms with Gasteiger partial charge in [0.15, 0.2) is 0 Å². The second-order valence-electron chi connectivity index (χ2n) is 4.89. The van der Waals surface area contributed by atoms with Gasteiger partial charge in [-0.05, 0) is 18.6 Å². The summed E-state index contributed by atoms with van der Waals surface area (Å²) in [6.45, 7) is 2.30. The fraction of sp³-hybridized carbons (Fsp3) is 0.462. The quantitative estimate of drug-likeness (QED) is 0.662. The summed E-state index contributed by atoms with van der Waals surface area (Å²) in [5, 5.41) is 19.9. The van der Waals surface area contributed by atoms with E-state index in [1.54, 1.807) is 20.0 Å². The molecule has 0 amide bonds. The van der Waals surface area contributed by atoms with Gasteiger partial charge < -0.3 is 14.7 Å². The summed E-state index contributed by atoms with van der Waals surface area (Å²) in [5.74, 6) is -1.48. The third kappa shape index (κ3) is 2.57. The molecular formula is C13H16N2O5. The predicted molar refractivity (Wildman–Crippen MR) is 72.0 cm³/mol. The van der Waals surface area contributed by atoms with Crippen molar-refractivity contribution in [3.8, 4) is 0 Å². The molecule has 1 aromatic rings. The molecule has 0 radical (unpaired) electrons. The number of benzene rings is 1. The summed E-state index contributed by atoms with van der Waals surface area (Å²) in [4.78, 5) is 23.3. The number of anilines is 1. The molecule has 2 rings (SSSR count). The van der Waals surface area contributed by atoms with Crippen molar-refractivity contribution < 1.29 is 19.6 Å². The maximum atomic E-state index is 11.2. The number of nitro benzene ring substituents is 1. The summed E-state index contributed by atoms with van der Waals surface area (Å²) >= 11 is 0. The number of carbonyl (C=O) groups is 1. The van der Waals surface area contributed by atoms with E-state index in [1.165, 1.54) is 12.1 Å². The first-order chi connectivity index (χ1) is 9.41. The number of non-ortho nitro benzene ring substituents is 1. The van der Waals surface area contributed by atoms with Gasteiger partial charge in [-0.3, -0.25) is 14.9 Å². The Morgan fingerprint density at radius 3 is 2.75 bits per heavy atom. The molecule has 7 heteroatoms. The minimum absolute atomic E-state index is 0.0251. The van der Waals surface area contributed by atoms with Gasteiger partial charge >= 0.3 is 5.97 Å². The first-order valence-corrected chi connectivity index (χ1v) is 6.20. The van der Waals surface area contributed by atoms with E-state index in [9.17, 15) is 14.9 Å². The maximum absolute atomic E-state index is 11.2. The lowest BCUT2D eigenvalue weighted by Gasteiger charge is -2.29. The molecule has 1 aliphatic rings. The van der Waals surface area contributed by atoms with Crippen LogP contribution in [0, 0.1) is 23.0 Å². The lowest BCUT2D eigenvalue weighted by Crippen LogP contribution is -2.41. The molecular weight excluding hydrogens is 264 g/mol. The molecule has 20 heavy (non-hydrogen) atoms. The highest BCUT2D eigenvalue weighted by molar-refractivity contribution is 5.73. The Labute approximate surface area is 115 Å². The Morgan fingerprint density at radius 2 is 2.20 bits per heavy atom. The lowest BCUT2D eigenvalue weighted by molar-refractivity contribution is -0.384. The molecule has 1 aliphatic heterocycles. The minimum Gasteiger partial charge on any atom is -0.481 e. The van der Waals surface area contributed by atoms with Gasteiger partial charge in [0.1, 0.15) is 5.92 Å². The van der Waals surface area contributed by atoms with Crippen molar-refractivity contribution in [1.29, 1.82) is 0 Å². The van der Waals surface area contributed by atoms with Gasteiger partial charge in [-0.1, -0.05) is 0 Å². The Balaban J connectivity index is 2.27. The first-order valence-electron chi connectivity index (χ1n) is 6.20. The molecule has 2 unspecified atom stereocenters. The smallest absolute Gasteiger partial charge is 0.311 e. The van der Waals surface area contributed by atoms with Crippen LogP contribution in [0.2, 0.25) is 0 Å². The SMILES string of the molecule is Cc1cc([N+](=O)[O-])ccc1N(C)C1COCC1C(=O)O. The zero-order valence-electron chi connectivity index (χ0n) is 11.3. The van der Waals surface area contributed by atoms with Gasteiger partial charge in [-0.2, -0.15) is 0 Å². The third-order valence-corrected chi connectivity index (χ3v) is 3.64. The Hall–Kier alpha value is -2.15. The Bertz CT molecular complexity index is 546. The van der Waals surface area contributed by atoms with E-state index in [-0.39, 0.29) is 18.3 Å². The van der Waals surface area contributed by atoms with Crippen LogP contribution in [0.3, 0.4) is 0 Å². The number of hydrogen-bond donors (Lipinski definition) is 1. The van der Waals surface area contributed by atoms with E-state index in [0.717, 1.165) is 11.3 Å². The Kier molecular flexibility index (Phi) is 3.89. The fourth-order valence-corrected chi connectivity index (χ4v) is 2.49. The monoisotopic (exact) mass is 280 g/mol. The number of aliphatic carboxylic acids is 1. The number of likely N-dealkylation sites (N-methyl/N-ethyl adjacent to an activating group) is 1. The van der Waals surface area contributed by atoms with Crippen molar-refractivity contribution >= 4 is 17.3 Å². The third-order valence-electron chi connectivity index (χ3n) is 3.64. The van der Waals surface area contributed by atoms with Crippen LogP contribution in [-0.4, -0.2) is 42.3 Å². The highest BCUT2D eigenvalue weighted by atomic mass is 16.6. The fourth-order valence-electron chi connectivity index (χ4n) is 2.49. The Morgan fingerprint density at radius 1 is 1.50 bits per heavy atom. The number of hydrogen-bond acceptors (Lipinski definition) is 5. The highest BCUT2D eigenvalue weighted by Gasteiger charge is 2.37. The molecule has 0 saturated carbocycles. The van der Waals surface area contributed by atoms with E-state index in [4.69, 9.17) is 9.84 Å². The minimum atomic E-state index is -0.890. The van der Waals surface area contributed by atoms with Crippen molar-refractivity contribution in [2.75, 3.05) is 25.2 Å². The molecule has 108 valence electrons. The molecule has 0 spiro atoms. The molecule has 2 atom stereocenters. The number of carboxylic acids is 1. The van der Waals surface area contributed by atoms with E-state index in [2.05, 4.69) is 0 Å². The van der Waals surface area contributed by atoms with Gasteiger partial charge in [0, 0.05) is 24.9 Å². The van der Waals surface area contributed by atoms with Crippen molar-refractivity contribution in [3.63, 3.8) is 0 Å². The van der Waals surface area contributed by atoms with Crippen LogP contribution >= 0.6 is 0 Å². The van der Waals surface area contributed by atoms with E-state index in [1.807, 2.05) is 4.90 Å². The van der Waals surface area contributed by atoms with Crippen molar-refractivity contribution in [1.82, 2.24) is 0 Å². The van der Waals surface area contributed by atoms with E-state index >= 15 is 0 Å². The molecule has 1 N–H and O–H groups in total. The zero-order valence-corrected chi connectivity index (χ0v) is 11.3. The van der Waals surface area contributed by atoms with Crippen LogP contribution in [-0.2, 0) is 9.53 Å². The van der Waals surface area contributed by atoms with Crippen molar-refractivity contribution in [2.45, 2.75) is 13.0 Å². The second kappa shape index (κ2) is 5.46. The number of carboxylic acid groups (broad SMARTS) is 1. The number of nitro groups is 1. The lowest BCUT2D eigenvalue weighted by atomic mass is 10.0. The second-order valence-corrected chi connectivity index (χ2v) is 4.89. The van der Waals surface area contributed by atoms with Gasteiger partial charge in [0.05, 0.1) is 24.2 Å².